The van der Waals surface area contributed by atoms with Gasteiger partial charge in [-0.1, -0.05) is 28.1 Å². The van der Waals surface area contributed by atoms with Gasteiger partial charge in [-0.3, -0.25) is 4.90 Å². The topological polar surface area (TPSA) is 29.3 Å². The minimum absolute atomic E-state index is 0.506. The molecule has 0 aromatic heterocycles. The molecule has 80 valence electrons. The van der Waals surface area contributed by atoms with Crippen LogP contribution in [0.15, 0.2) is 28.7 Å². The van der Waals surface area contributed by atoms with Gasteiger partial charge in [0.15, 0.2) is 0 Å². The van der Waals surface area contributed by atoms with Gasteiger partial charge in [-0.05, 0) is 29.5 Å². The lowest BCUT2D eigenvalue weighted by Crippen LogP contribution is -2.27. The Hall–Kier alpha value is -0.380. The van der Waals surface area contributed by atoms with Crippen LogP contribution >= 0.6 is 15.9 Å². The number of likely N-dealkylation sites (tertiary alicyclic amines) is 1. The number of hydrogen-bond acceptors (Lipinski definition) is 2. The highest BCUT2D eigenvalue weighted by Crippen LogP contribution is 2.44. The first-order valence-corrected chi connectivity index (χ1v) is 6.26. The number of rotatable bonds is 2. The van der Waals surface area contributed by atoms with Crippen LogP contribution in [0.4, 0.5) is 0 Å². The standard InChI is InChI=1S/C12H15BrN2/c13-9-3-1-8(2-4-9)5-15-6-10-11(7-15)12(10)14/h1-4,10-12H,5-7,14H2. The fourth-order valence-corrected chi connectivity index (χ4v) is 2.90. The summed E-state index contributed by atoms with van der Waals surface area (Å²) in [4.78, 5) is 2.52. The fraction of sp³-hybridized carbons (Fsp3) is 0.500. The lowest BCUT2D eigenvalue weighted by molar-refractivity contribution is 0.290. The van der Waals surface area contributed by atoms with Gasteiger partial charge in [0, 0.05) is 30.1 Å². The van der Waals surface area contributed by atoms with Crippen LogP contribution in [0, 0.1) is 11.8 Å². The average molecular weight is 267 g/mol. The first kappa shape index (κ1) is 9.82. The Kier molecular flexibility index (Phi) is 2.34. The summed E-state index contributed by atoms with van der Waals surface area (Å²) in [5, 5.41) is 0. The predicted octanol–water partition coefficient (Wildman–Crippen LogP) is 1.84. The monoisotopic (exact) mass is 266 g/mol. The van der Waals surface area contributed by atoms with E-state index in [9.17, 15) is 0 Å². The third-order valence-corrected chi connectivity index (χ3v) is 4.18. The molecule has 1 aromatic rings. The molecule has 1 heterocycles. The maximum atomic E-state index is 5.91. The van der Waals surface area contributed by atoms with Crippen molar-refractivity contribution in [2.75, 3.05) is 13.1 Å². The first-order valence-electron chi connectivity index (χ1n) is 5.46. The van der Waals surface area contributed by atoms with Crippen LogP contribution in [0.25, 0.3) is 0 Å². The molecule has 1 aliphatic heterocycles. The van der Waals surface area contributed by atoms with E-state index in [2.05, 4.69) is 45.1 Å². The van der Waals surface area contributed by atoms with Crippen LogP contribution < -0.4 is 5.73 Å². The molecule has 2 fully saturated rings. The number of nitrogens with zero attached hydrogens (tertiary/aromatic N) is 1. The first-order chi connectivity index (χ1) is 7.24. The normalized spacial score (nSPS) is 34.1. The molecular formula is C12H15BrN2. The molecule has 2 nitrogen and oxygen atoms in total. The van der Waals surface area contributed by atoms with Crippen LogP contribution in [-0.4, -0.2) is 24.0 Å². The van der Waals surface area contributed by atoms with E-state index in [0.717, 1.165) is 22.9 Å². The SMILES string of the molecule is NC1C2CN(Cc3ccc(Br)cc3)CC12. The molecule has 1 saturated heterocycles. The lowest BCUT2D eigenvalue weighted by atomic mass is 10.2. The highest BCUT2D eigenvalue weighted by Gasteiger charge is 2.53. The summed E-state index contributed by atoms with van der Waals surface area (Å²) in [5.41, 5.74) is 7.31. The summed E-state index contributed by atoms with van der Waals surface area (Å²) < 4.78 is 1.15. The summed E-state index contributed by atoms with van der Waals surface area (Å²) in [6.07, 6.45) is 0. The van der Waals surface area contributed by atoms with Crippen LogP contribution in [0.1, 0.15) is 5.56 Å². The molecule has 0 radical (unpaired) electrons. The number of halogens is 1. The zero-order chi connectivity index (χ0) is 10.4. The van der Waals surface area contributed by atoms with E-state index < -0.39 is 0 Å². The average Bonchev–Trinajstić information content (AvgIpc) is 2.66. The van der Waals surface area contributed by atoms with Gasteiger partial charge in [-0.15, -0.1) is 0 Å². The van der Waals surface area contributed by atoms with Crippen LogP contribution in [0.5, 0.6) is 0 Å². The van der Waals surface area contributed by atoms with E-state index in [1.54, 1.807) is 0 Å². The van der Waals surface area contributed by atoms with Crippen LogP contribution in [0.2, 0.25) is 0 Å². The van der Waals surface area contributed by atoms with Gasteiger partial charge in [0.05, 0.1) is 0 Å². The van der Waals surface area contributed by atoms with Crippen LogP contribution in [-0.2, 0) is 6.54 Å². The summed E-state index contributed by atoms with van der Waals surface area (Å²) in [7, 11) is 0. The minimum Gasteiger partial charge on any atom is -0.327 e. The lowest BCUT2D eigenvalue weighted by Gasteiger charge is -2.18. The third-order valence-electron chi connectivity index (χ3n) is 3.66. The maximum Gasteiger partial charge on any atom is 0.0234 e. The van der Waals surface area contributed by atoms with E-state index in [1.807, 2.05) is 0 Å². The van der Waals surface area contributed by atoms with Crippen molar-refractivity contribution in [3.63, 3.8) is 0 Å². The zero-order valence-electron chi connectivity index (χ0n) is 8.57. The van der Waals surface area contributed by atoms with Crippen molar-refractivity contribution in [3.05, 3.63) is 34.3 Å². The van der Waals surface area contributed by atoms with E-state index in [0.29, 0.717) is 6.04 Å². The molecule has 2 atom stereocenters. The molecule has 3 heteroatoms. The Morgan fingerprint density at radius 1 is 1.20 bits per heavy atom. The van der Waals surface area contributed by atoms with Gasteiger partial charge < -0.3 is 5.73 Å². The number of fused-ring (bicyclic) bond motifs is 1. The molecule has 2 N–H and O–H groups in total. The maximum absolute atomic E-state index is 5.91. The summed E-state index contributed by atoms with van der Waals surface area (Å²) in [6.45, 7) is 3.47. The van der Waals surface area contributed by atoms with E-state index in [4.69, 9.17) is 5.73 Å². The van der Waals surface area contributed by atoms with E-state index in [-0.39, 0.29) is 0 Å². The number of nitrogens with two attached hydrogens (primary N) is 1. The zero-order valence-corrected chi connectivity index (χ0v) is 10.2. The van der Waals surface area contributed by atoms with Gasteiger partial charge in [0.1, 0.15) is 0 Å². The molecule has 15 heavy (non-hydrogen) atoms. The van der Waals surface area contributed by atoms with Crippen molar-refractivity contribution < 1.29 is 0 Å². The number of piperidine rings is 1. The molecule has 0 spiro atoms. The highest BCUT2D eigenvalue weighted by molar-refractivity contribution is 9.10. The van der Waals surface area contributed by atoms with E-state index >= 15 is 0 Å². The highest BCUT2D eigenvalue weighted by atomic mass is 79.9. The molecule has 2 aliphatic rings. The van der Waals surface area contributed by atoms with Crippen molar-refractivity contribution in [1.82, 2.24) is 4.90 Å². The van der Waals surface area contributed by atoms with Gasteiger partial charge in [0.2, 0.25) is 0 Å². The molecule has 0 bridgehead atoms. The van der Waals surface area contributed by atoms with Gasteiger partial charge in [0.25, 0.3) is 0 Å². The van der Waals surface area contributed by atoms with Gasteiger partial charge in [-0.25, -0.2) is 0 Å². The fourth-order valence-electron chi connectivity index (χ4n) is 2.64. The second kappa shape index (κ2) is 3.58. The van der Waals surface area contributed by atoms with Crippen molar-refractivity contribution in [2.24, 2.45) is 17.6 Å². The predicted molar refractivity (Wildman–Crippen MR) is 64.4 cm³/mol. The molecule has 0 amide bonds. The Morgan fingerprint density at radius 2 is 1.80 bits per heavy atom. The summed E-state index contributed by atoms with van der Waals surface area (Å²) in [5.74, 6) is 1.58. The molecule has 1 aromatic carbocycles. The number of hydrogen-bond donors (Lipinski definition) is 1. The van der Waals surface area contributed by atoms with Crippen molar-refractivity contribution in [2.45, 2.75) is 12.6 Å². The van der Waals surface area contributed by atoms with Crippen molar-refractivity contribution in [3.8, 4) is 0 Å². The largest absolute Gasteiger partial charge is 0.327 e. The molecular weight excluding hydrogens is 252 g/mol. The van der Waals surface area contributed by atoms with Gasteiger partial charge in [-0.2, -0.15) is 0 Å². The Morgan fingerprint density at radius 3 is 2.40 bits per heavy atom. The Balaban J connectivity index is 1.60. The molecule has 1 saturated carbocycles. The molecule has 2 unspecified atom stereocenters. The Labute approximate surface area is 98.6 Å². The second-order valence-electron chi connectivity index (χ2n) is 4.73. The van der Waals surface area contributed by atoms with Crippen LogP contribution in [0.3, 0.4) is 0 Å². The minimum atomic E-state index is 0.506. The third kappa shape index (κ3) is 1.84. The molecule has 3 rings (SSSR count). The molecule has 1 aliphatic carbocycles. The van der Waals surface area contributed by atoms with Crippen molar-refractivity contribution in [1.29, 1.82) is 0 Å². The van der Waals surface area contributed by atoms with Gasteiger partial charge >= 0.3 is 0 Å². The summed E-state index contributed by atoms with van der Waals surface area (Å²) >= 11 is 3.45. The van der Waals surface area contributed by atoms with Crippen molar-refractivity contribution >= 4 is 15.9 Å². The smallest absolute Gasteiger partial charge is 0.0234 e. The Bertz CT molecular complexity index is 350. The second-order valence-corrected chi connectivity index (χ2v) is 5.64. The number of benzene rings is 1. The summed E-state index contributed by atoms with van der Waals surface area (Å²) in [6, 6.07) is 9.10. The quantitative estimate of drug-likeness (QED) is 0.886. The van der Waals surface area contributed by atoms with E-state index in [1.165, 1.54) is 18.7 Å².